The van der Waals surface area contributed by atoms with E-state index in [0.29, 0.717) is 5.69 Å². The molecule has 0 atom stereocenters. The van der Waals surface area contributed by atoms with E-state index in [0.717, 1.165) is 55.9 Å². The third-order valence-electron chi connectivity index (χ3n) is 6.76. The van der Waals surface area contributed by atoms with Gasteiger partial charge in [0, 0.05) is 49.5 Å². The molecule has 1 saturated heterocycles. The van der Waals surface area contributed by atoms with E-state index in [9.17, 15) is 9.18 Å². The summed E-state index contributed by atoms with van der Waals surface area (Å²) in [5, 5.41) is 1.20. The molecular formula is C29H32Cl2FN5O. The number of benzene rings is 3. The monoisotopic (exact) mass is 555 g/mol. The summed E-state index contributed by atoms with van der Waals surface area (Å²) in [6, 6.07) is 23.6. The summed E-state index contributed by atoms with van der Waals surface area (Å²) in [5.41, 5.74) is 10.7. The number of nitrogens with two attached hydrogens (primary N) is 1. The minimum Gasteiger partial charge on any atom is -0.368 e. The van der Waals surface area contributed by atoms with E-state index in [1.807, 2.05) is 25.1 Å². The number of fused-ring (bicyclic) bond motifs is 1. The van der Waals surface area contributed by atoms with Gasteiger partial charge >= 0.3 is 6.03 Å². The summed E-state index contributed by atoms with van der Waals surface area (Å²) in [4.78, 5) is 23.0. The molecule has 4 aromatic rings. The van der Waals surface area contributed by atoms with E-state index in [-0.39, 0.29) is 30.5 Å². The first-order chi connectivity index (χ1) is 17.5. The second kappa shape index (κ2) is 12.9. The fourth-order valence-corrected chi connectivity index (χ4v) is 4.89. The van der Waals surface area contributed by atoms with Crippen LogP contribution in [0.15, 0.2) is 78.9 Å². The average molecular weight is 557 g/mol. The van der Waals surface area contributed by atoms with Crippen molar-refractivity contribution < 1.29 is 9.18 Å². The van der Waals surface area contributed by atoms with Gasteiger partial charge in [-0.3, -0.25) is 14.8 Å². The Labute approximate surface area is 235 Å². The fourth-order valence-electron chi connectivity index (χ4n) is 4.89. The maximum Gasteiger partial charge on any atom is 0.323 e. The first-order valence-electron chi connectivity index (χ1n) is 12.3. The molecule has 1 aliphatic rings. The Bertz CT molecular complexity index is 1390. The molecule has 1 aromatic heterocycles. The highest BCUT2D eigenvalue weighted by Gasteiger charge is 2.20. The molecule has 200 valence electrons. The molecule has 0 aliphatic carbocycles. The van der Waals surface area contributed by atoms with Gasteiger partial charge in [0.15, 0.2) is 0 Å². The molecule has 38 heavy (non-hydrogen) atoms. The van der Waals surface area contributed by atoms with Crippen LogP contribution in [0.25, 0.3) is 10.9 Å². The normalized spacial score (nSPS) is 13.5. The van der Waals surface area contributed by atoms with E-state index in [4.69, 9.17) is 5.73 Å². The SMILES string of the molecule is Cc1ccc2c(N3CCN(CCc4cccc(N(C(N)=O)c5ccccc5F)c4)CC3)cccc2n1.Cl.Cl. The second-order valence-corrected chi connectivity index (χ2v) is 9.17. The number of aryl methyl sites for hydroxylation is 1. The van der Waals surface area contributed by atoms with Crippen LogP contribution >= 0.6 is 24.8 Å². The van der Waals surface area contributed by atoms with Crippen molar-refractivity contribution in [2.24, 2.45) is 5.73 Å². The molecule has 9 heteroatoms. The van der Waals surface area contributed by atoms with Crippen molar-refractivity contribution >= 4 is 58.8 Å². The molecule has 3 aromatic carbocycles. The van der Waals surface area contributed by atoms with Crippen LogP contribution in [0, 0.1) is 12.7 Å². The number of hydrogen-bond donors (Lipinski definition) is 1. The molecule has 0 spiro atoms. The van der Waals surface area contributed by atoms with Crippen molar-refractivity contribution in [2.45, 2.75) is 13.3 Å². The molecule has 1 aliphatic heterocycles. The minimum absolute atomic E-state index is 0. The zero-order valence-electron chi connectivity index (χ0n) is 21.2. The molecule has 5 rings (SSSR count). The Kier molecular flexibility index (Phi) is 9.91. The van der Waals surface area contributed by atoms with Crippen LogP contribution in [0.3, 0.4) is 0 Å². The maximum absolute atomic E-state index is 14.4. The Morgan fingerprint density at radius 1 is 0.947 bits per heavy atom. The topological polar surface area (TPSA) is 65.7 Å². The number of para-hydroxylation sites is 1. The zero-order valence-corrected chi connectivity index (χ0v) is 22.9. The smallest absolute Gasteiger partial charge is 0.323 e. The van der Waals surface area contributed by atoms with Crippen LogP contribution in [0.5, 0.6) is 0 Å². The van der Waals surface area contributed by atoms with Crippen LogP contribution < -0.4 is 15.5 Å². The number of hydrogen-bond acceptors (Lipinski definition) is 4. The van der Waals surface area contributed by atoms with Crippen LogP contribution in [0.1, 0.15) is 11.3 Å². The number of piperazine rings is 1. The molecule has 0 bridgehead atoms. The number of halogens is 3. The largest absolute Gasteiger partial charge is 0.368 e. The summed E-state index contributed by atoms with van der Waals surface area (Å²) in [6.07, 6.45) is 0.829. The van der Waals surface area contributed by atoms with Gasteiger partial charge in [0.1, 0.15) is 5.82 Å². The van der Waals surface area contributed by atoms with Crippen molar-refractivity contribution in [3.63, 3.8) is 0 Å². The van der Waals surface area contributed by atoms with Gasteiger partial charge in [0.2, 0.25) is 0 Å². The van der Waals surface area contributed by atoms with Gasteiger partial charge < -0.3 is 10.6 Å². The lowest BCUT2D eigenvalue weighted by molar-refractivity contribution is 0.256. The number of rotatable bonds is 6. The zero-order chi connectivity index (χ0) is 25.1. The van der Waals surface area contributed by atoms with Crippen LogP contribution in [-0.2, 0) is 6.42 Å². The summed E-state index contributed by atoms with van der Waals surface area (Å²) < 4.78 is 14.4. The van der Waals surface area contributed by atoms with E-state index in [1.165, 1.54) is 22.0 Å². The van der Waals surface area contributed by atoms with E-state index in [1.54, 1.807) is 24.3 Å². The molecule has 6 nitrogen and oxygen atoms in total. The Morgan fingerprint density at radius 2 is 1.68 bits per heavy atom. The number of carbonyl (C=O) groups excluding carboxylic acids is 1. The van der Waals surface area contributed by atoms with Crippen LogP contribution in [-0.4, -0.2) is 48.6 Å². The third-order valence-corrected chi connectivity index (χ3v) is 6.76. The van der Waals surface area contributed by atoms with Gasteiger partial charge in [-0.1, -0.05) is 30.3 Å². The highest BCUT2D eigenvalue weighted by Crippen LogP contribution is 2.29. The molecule has 2 amide bonds. The summed E-state index contributed by atoms with van der Waals surface area (Å²) >= 11 is 0. The number of pyridine rings is 1. The van der Waals surface area contributed by atoms with Crippen LogP contribution in [0.4, 0.5) is 26.2 Å². The van der Waals surface area contributed by atoms with Gasteiger partial charge in [-0.2, -0.15) is 0 Å². The Morgan fingerprint density at radius 3 is 2.42 bits per heavy atom. The predicted octanol–water partition coefficient (Wildman–Crippen LogP) is 6.11. The number of urea groups is 1. The summed E-state index contributed by atoms with van der Waals surface area (Å²) in [7, 11) is 0. The number of anilines is 3. The first-order valence-corrected chi connectivity index (χ1v) is 12.3. The molecule has 2 N–H and O–H groups in total. The third kappa shape index (κ3) is 6.35. The lowest BCUT2D eigenvalue weighted by atomic mass is 10.1. The van der Waals surface area contributed by atoms with Crippen molar-refractivity contribution in [3.05, 3.63) is 95.9 Å². The molecule has 0 radical (unpaired) electrons. The first kappa shape index (κ1) is 29.2. The molecule has 2 heterocycles. The van der Waals surface area contributed by atoms with E-state index in [2.05, 4.69) is 45.1 Å². The van der Waals surface area contributed by atoms with Gasteiger partial charge in [-0.15, -0.1) is 24.8 Å². The molecule has 1 fully saturated rings. The van der Waals surface area contributed by atoms with E-state index < -0.39 is 11.8 Å². The van der Waals surface area contributed by atoms with Gasteiger partial charge in [0.05, 0.1) is 16.9 Å². The number of aromatic nitrogens is 1. The van der Waals surface area contributed by atoms with E-state index >= 15 is 0 Å². The molecule has 0 unspecified atom stereocenters. The Hall–Kier alpha value is -3.39. The maximum atomic E-state index is 14.4. The number of carbonyl (C=O) groups is 1. The highest BCUT2D eigenvalue weighted by molar-refractivity contribution is 5.98. The van der Waals surface area contributed by atoms with Gasteiger partial charge in [-0.25, -0.2) is 9.18 Å². The predicted molar refractivity (Wildman–Crippen MR) is 158 cm³/mol. The number of amides is 2. The van der Waals surface area contributed by atoms with Crippen LogP contribution in [0.2, 0.25) is 0 Å². The second-order valence-electron chi connectivity index (χ2n) is 9.17. The number of primary amides is 1. The molecular weight excluding hydrogens is 524 g/mol. The van der Waals surface area contributed by atoms with Gasteiger partial charge in [-0.05, 0) is 67.4 Å². The summed E-state index contributed by atoms with van der Waals surface area (Å²) in [6.45, 7) is 6.78. The minimum atomic E-state index is -0.716. The fraction of sp³-hybridized carbons (Fsp3) is 0.241. The molecule has 0 saturated carbocycles. The van der Waals surface area contributed by atoms with Crippen molar-refractivity contribution in [1.82, 2.24) is 9.88 Å². The lowest BCUT2D eigenvalue weighted by Crippen LogP contribution is -2.47. The van der Waals surface area contributed by atoms with Crippen molar-refractivity contribution in [2.75, 3.05) is 42.5 Å². The average Bonchev–Trinajstić information content (AvgIpc) is 2.89. The number of nitrogens with zero attached hydrogens (tertiary/aromatic N) is 4. The van der Waals surface area contributed by atoms with Crippen molar-refractivity contribution in [1.29, 1.82) is 0 Å². The standard InChI is InChI=1S/C29H30FN5O.2ClH/c1-21-12-13-24-26(32-21)9-5-11-27(24)34-18-16-33(17-19-34)15-14-22-6-4-7-23(20-22)35(29(31)36)28-10-3-2-8-25(28)30;;/h2-13,20H,14-19H2,1H3,(H2,31,36);2*1H. The Balaban J connectivity index is 0.00000200. The van der Waals surface area contributed by atoms with Gasteiger partial charge in [0.25, 0.3) is 0 Å². The summed E-state index contributed by atoms with van der Waals surface area (Å²) in [5.74, 6) is -0.489. The lowest BCUT2D eigenvalue weighted by Gasteiger charge is -2.36. The van der Waals surface area contributed by atoms with Crippen molar-refractivity contribution in [3.8, 4) is 0 Å². The quantitative estimate of drug-likeness (QED) is 0.312. The highest BCUT2D eigenvalue weighted by atomic mass is 35.5.